The number of nitrogens with zero attached hydrogens (tertiary/aromatic N) is 2. The molecule has 0 bridgehead atoms. The molecule has 0 fully saturated rings. The van der Waals surface area contributed by atoms with Crippen molar-refractivity contribution in [1.29, 1.82) is 0 Å². The van der Waals surface area contributed by atoms with E-state index in [0.717, 1.165) is 5.76 Å². The van der Waals surface area contributed by atoms with Crippen LogP contribution in [-0.2, 0) is 12.6 Å². The zero-order chi connectivity index (χ0) is 13.9. The van der Waals surface area contributed by atoms with Crippen LogP contribution in [0.4, 0.5) is 19.0 Å². The van der Waals surface area contributed by atoms with Gasteiger partial charge in [-0.25, -0.2) is 9.97 Å². The molecule has 0 radical (unpaired) electrons. The van der Waals surface area contributed by atoms with Gasteiger partial charge in [0.25, 0.3) is 0 Å². The molecule has 2 heterocycles. The molecule has 0 aliphatic rings. The first-order valence-electron chi connectivity index (χ1n) is 5.33. The molecule has 0 unspecified atom stereocenters. The summed E-state index contributed by atoms with van der Waals surface area (Å²) in [4.78, 5) is 6.50. The van der Waals surface area contributed by atoms with Gasteiger partial charge in [-0.15, -0.1) is 0 Å². The highest BCUT2D eigenvalue weighted by molar-refractivity contribution is 6.29. The summed E-state index contributed by atoms with van der Waals surface area (Å²) in [6.45, 7) is 0.373. The van der Waals surface area contributed by atoms with Gasteiger partial charge in [-0.05, 0) is 12.1 Å². The molecule has 102 valence electrons. The quantitative estimate of drug-likeness (QED) is 0.877. The van der Waals surface area contributed by atoms with Crippen LogP contribution in [0.2, 0.25) is 5.15 Å². The van der Waals surface area contributed by atoms with E-state index in [4.69, 9.17) is 16.0 Å². The van der Waals surface area contributed by atoms with E-state index in [-0.39, 0.29) is 11.0 Å². The third-order valence-corrected chi connectivity index (χ3v) is 2.40. The summed E-state index contributed by atoms with van der Waals surface area (Å²) >= 11 is 5.52. The fourth-order valence-corrected chi connectivity index (χ4v) is 1.59. The zero-order valence-corrected chi connectivity index (χ0v) is 10.3. The number of halogens is 4. The van der Waals surface area contributed by atoms with Crippen LogP contribution in [-0.4, -0.2) is 16.5 Å². The van der Waals surface area contributed by atoms with Crippen molar-refractivity contribution < 1.29 is 17.6 Å². The van der Waals surface area contributed by atoms with Crippen LogP contribution in [0.1, 0.15) is 11.6 Å². The maximum atomic E-state index is 12.5. The Balaban J connectivity index is 2.02. The fraction of sp³-hybridized carbons (Fsp3) is 0.273. The number of nitrogens with one attached hydrogen (secondary N) is 1. The molecule has 2 aromatic heterocycles. The van der Waals surface area contributed by atoms with E-state index in [1.165, 1.54) is 12.3 Å². The summed E-state index contributed by atoms with van der Waals surface area (Å²) in [5, 5.41) is 2.48. The van der Waals surface area contributed by atoms with Crippen molar-refractivity contribution in [3.8, 4) is 0 Å². The molecule has 0 aromatic carbocycles. The Hall–Kier alpha value is -1.76. The maximum Gasteiger partial charge on any atom is 0.451 e. The molecule has 8 heteroatoms. The van der Waals surface area contributed by atoms with Crippen LogP contribution in [0.3, 0.4) is 0 Å². The van der Waals surface area contributed by atoms with Crippen molar-refractivity contribution in [3.63, 3.8) is 0 Å². The molecule has 0 aliphatic carbocycles. The summed E-state index contributed by atoms with van der Waals surface area (Å²) < 4.78 is 42.5. The second-order valence-corrected chi connectivity index (χ2v) is 4.04. The Bertz CT molecular complexity index is 543. The van der Waals surface area contributed by atoms with Crippen LogP contribution >= 0.6 is 11.6 Å². The van der Waals surface area contributed by atoms with Gasteiger partial charge in [0.15, 0.2) is 0 Å². The number of rotatable bonds is 4. The lowest BCUT2D eigenvalue weighted by Gasteiger charge is -2.09. The highest BCUT2D eigenvalue weighted by atomic mass is 35.5. The average Bonchev–Trinajstić information content (AvgIpc) is 2.80. The third kappa shape index (κ3) is 3.85. The van der Waals surface area contributed by atoms with E-state index < -0.39 is 12.0 Å². The first-order valence-corrected chi connectivity index (χ1v) is 5.71. The molecular weight excluding hydrogens is 283 g/mol. The van der Waals surface area contributed by atoms with Crippen molar-refractivity contribution in [2.24, 2.45) is 0 Å². The van der Waals surface area contributed by atoms with Crippen LogP contribution in [0.25, 0.3) is 0 Å². The smallest absolute Gasteiger partial charge is 0.451 e. The number of hydrogen-bond acceptors (Lipinski definition) is 4. The van der Waals surface area contributed by atoms with Crippen LogP contribution in [0.15, 0.2) is 28.9 Å². The minimum Gasteiger partial charge on any atom is -0.469 e. The van der Waals surface area contributed by atoms with E-state index in [2.05, 4.69) is 15.3 Å². The lowest BCUT2D eigenvalue weighted by atomic mass is 10.3. The van der Waals surface area contributed by atoms with Gasteiger partial charge in [0.1, 0.15) is 16.7 Å². The summed E-state index contributed by atoms with van der Waals surface area (Å²) in [5.41, 5.74) is 0. The monoisotopic (exact) mass is 291 g/mol. The number of alkyl halides is 3. The van der Waals surface area contributed by atoms with Crippen molar-refractivity contribution in [1.82, 2.24) is 9.97 Å². The molecular formula is C11H9ClF3N3O. The van der Waals surface area contributed by atoms with Crippen LogP contribution in [0.5, 0.6) is 0 Å². The van der Waals surface area contributed by atoms with Crippen molar-refractivity contribution >= 4 is 17.4 Å². The Morgan fingerprint density at radius 3 is 2.74 bits per heavy atom. The Morgan fingerprint density at radius 2 is 2.11 bits per heavy atom. The number of aromatic nitrogens is 2. The van der Waals surface area contributed by atoms with Gasteiger partial charge in [-0.1, -0.05) is 11.6 Å². The Labute approximate surface area is 111 Å². The van der Waals surface area contributed by atoms with Gasteiger partial charge < -0.3 is 9.73 Å². The summed E-state index contributed by atoms with van der Waals surface area (Å²) in [6, 6.07) is 4.74. The van der Waals surface area contributed by atoms with Crippen LogP contribution in [0, 0.1) is 0 Å². The Morgan fingerprint density at radius 1 is 1.32 bits per heavy atom. The van der Waals surface area contributed by atoms with Crippen LogP contribution < -0.4 is 5.32 Å². The van der Waals surface area contributed by atoms with Gasteiger partial charge >= 0.3 is 6.18 Å². The van der Waals surface area contributed by atoms with Gasteiger partial charge in [0.2, 0.25) is 5.82 Å². The largest absolute Gasteiger partial charge is 0.469 e. The summed E-state index contributed by atoms with van der Waals surface area (Å²) in [5.74, 6) is -0.511. The lowest BCUT2D eigenvalue weighted by molar-refractivity contribution is -0.144. The van der Waals surface area contributed by atoms with E-state index >= 15 is 0 Å². The second-order valence-electron chi connectivity index (χ2n) is 3.65. The third-order valence-electron chi connectivity index (χ3n) is 2.21. The summed E-state index contributed by atoms with van der Waals surface area (Å²) in [7, 11) is 0. The first-order chi connectivity index (χ1) is 8.95. The molecule has 0 spiro atoms. The Kier molecular flexibility index (Phi) is 3.94. The molecule has 0 saturated heterocycles. The molecule has 0 aliphatic heterocycles. The molecule has 2 rings (SSSR count). The van der Waals surface area contributed by atoms with Gasteiger partial charge in [0, 0.05) is 19.0 Å². The van der Waals surface area contributed by atoms with E-state index in [9.17, 15) is 13.2 Å². The minimum absolute atomic E-state index is 0.0267. The van der Waals surface area contributed by atoms with E-state index in [1.807, 2.05) is 0 Å². The lowest BCUT2D eigenvalue weighted by Crippen LogP contribution is -2.14. The number of furan rings is 1. The normalized spacial score (nSPS) is 11.6. The van der Waals surface area contributed by atoms with Crippen molar-refractivity contribution in [2.75, 3.05) is 11.9 Å². The topological polar surface area (TPSA) is 51.0 Å². The SMILES string of the molecule is FC(F)(F)c1nc(Cl)cc(NCCc2ccco2)n1. The predicted molar refractivity (Wildman–Crippen MR) is 62.9 cm³/mol. The van der Waals surface area contributed by atoms with E-state index in [1.54, 1.807) is 12.1 Å². The van der Waals surface area contributed by atoms with Gasteiger partial charge in [-0.3, -0.25) is 0 Å². The summed E-state index contributed by atoms with van der Waals surface area (Å²) in [6.07, 6.45) is -2.57. The predicted octanol–water partition coefficient (Wildman–Crippen LogP) is 3.40. The van der Waals surface area contributed by atoms with Gasteiger partial charge in [-0.2, -0.15) is 13.2 Å². The fourth-order valence-electron chi connectivity index (χ4n) is 1.40. The first kappa shape index (κ1) is 13.7. The van der Waals surface area contributed by atoms with E-state index in [0.29, 0.717) is 13.0 Å². The molecule has 0 atom stereocenters. The number of hydrogen-bond donors (Lipinski definition) is 1. The molecule has 2 aromatic rings. The molecule has 19 heavy (non-hydrogen) atoms. The highest BCUT2D eigenvalue weighted by Gasteiger charge is 2.35. The average molecular weight is 292 g/mol. The maximum absolute atomic E-state index is 12.5. The standard InChI is InChI=1S/C11H9ClF3N3O/c12-8-6-9(18-10(17-8)11(13,14)15)16-4-3-7-2-1-5-19-7/h1-2,5-6H,3-4H2,(H,16,17,18). The molecule has 0 saturated carbocycles. The highest BCUT2D eigenvalue weighted by Crippen LogP contribution is 2.28. The number of anilines is 1. The minimum atomic E-state index is -4.62. The molecule has 4 nitrogen and oxygen atoms in total. The van der Waals surface area contributed by atoms with Crippen molar-refractivity contribution in [2.45, 2.75) is 12.6 Å². The second kappa shape index (κ2) is 5.48. The molecule has 0 amide bonds. The van der Waals surface area contributed by atoms with Gasteiger partial charge in [0.05, 0.1) is 6.26 Å². The van der Waals surface area contributed by atoms with Crippen molar-refractivity contribution in [3.05, 3.63) is 41.2 Å². The molecule has 1 N–H and O–H groups in total. The zero-order valence-electron chi connectivity index (χ0n) is 9.54.